The first-order chi connectivity index (χ1) is 27.1. The van der Waals surface area contributed by atoms with E-state index in [-0.39, 0.29) is 78.2 Å². The zero-order valence-corrected chi connectivity index (χ0v) is 34.2. The van der Waals surface area contributed by atoms with Crippen LogP contribution >= 0.6 is 11.6 Å². The molecule has 6 rings (SSSR count). The van der Waals surface area contributed by atoms with E-state index in [1.165, 1.54) is 41.2 Å². The molecule has 2 fully saturated rings. The topological polar surface area (TPSA) is 203 Å². The summed E-state index contributed by atoms with van der Waals surface area (Å²) in [6.07, 6.45) is -1.03. The van der Waals surface area contributed by atoms with E-state index < -0.39 is 38.1 Å². The molecule has 1 saturated heterocycles. The maximum absolute atomic E-state index is 13.5. The number of hydrogen-bond donors (Lipinski definition) is 2. The number of tetrazole rings is 1. The number of halogens is 4. The fourth-order valence-corrected chi connectivity index (χ4v) is 8.02. The summed E-state index contributed by atoms with van der Waals surface area (Å²) in [4.78, 5) is 38.3. The highest BCUT2D eigenvalue weighted by Gasteiger charge is 2.62. The molecule has 0 aromatic carbocycles. The number of alkyl halides is 3. The Bertz CT molecular complexity index is 2210. The second-order valence-corrected chi connectivity index (χ2v) is 18.1. The van der Waals surface area contributed by atoms with Gasteiger partial charge < -0.3 is 19.3 Å². The number of rotatable bonds is 15. The van der Waals surface area contributed by atoms with Gasteiger partial charge in [-0.1, -0.05) is 22.9 Å². The minimum atomic E-state index is -4.53. The molecule has 0 bridgehead atoms. The number of H-pyrrole nitrogens is 1. The van der Waals surface area contributed by atoms with Gasteiger partial charge >= 0.3 is 12.3 Å². The molecule has 0 radical (unpaired) electrons. The van der Waals surface area contributed by atoms with Gasteiger partial charge in [0.2, 0.25) is 5.88 Å². The van der Waals surface area contributed by atoms with Gasteiger partial charge in [0, 0.05) is 30.9 Å². The number of nitrogens with zero attached hydrogens (tertiary/aromatic N) is 9. The van der Waals surface area contributed by atoms with Crippen LogP contribution in [0, 0.1) is 11.3 Å². The predicted molar refractivity (Wildman–Crippen MR) is 203 cm³/mol. The number of nitrogens with one attached hydrogen (secondary N) is 2. The number of anilines is 1. The highest BCUT2D eigenvalue weighted by atomic mass is 35.5. The Labute approximate surface area is 338 Å². The Morgan fingerprint density at radius 3 is 2.52 bits per heavy atom. The van der Waals surface area contributed by atoms with Crippen LogP contribution in [-0.2, 0) is 21.3 Å². The van der Waals surface area contributed by atoms with E-state index in [1.807, 2.05) is 39.3 Å². The molecule has 58 heavy (non-hydrogen) atoms. The van der Waals surface area contributed by atoms with Crippen LogP contribution in [0.3, 0.4) is 0 Å². The zero-order valence-electron chi connectivity index (χ0n) is 32.6. The van der Waals surface area contributed by atoms with Crippen LogP contribution in [0.15, 0.2) is 47.6 Å². The Hall–Kier alpha value is -5.05. The number of carbonyl (C=O) groups excluding carboxylic acids is 2. The number of ether oxygens (including phenoxy) is 2. The highest BCUT2D eigenvalue weighted by molar-refractivity contribution is 7.90. The smallest absolute Gasteiger partial charge is 0.410 e. The molecule has 2 amide bonds. The molecular formula is C36H45ClF3N11O6S. The maximum Gasteiger partial charge on any atom is 0.410 e. The van der Waals surface area contributed by atoms with Gasteiger partial charge in [0.15, 0.2) is 16.7 Å². The summed E-state index contributed by atoms with van der Waals surface area (Å²) >= 11 is 6.32. The fourth-order valence-electron chi connectivity index (χ4n) is 6.85. The Morgan fingerprint density at radius 1 is 1.10 bits per heavy atom. The molecule has 4 aromatic heterocycles. The van der Waals surface area contributed by atoms with Crippen molar-refractivity contribution in [2.45, 2.75) is 102 Å². The summed E-state index contributed by atoms with van der Waals surface area (Å²) in [5, 5.41) is 17.5. The van der Waals surface area contributed by atoms with Crippen molar-refractivity contribution >= 4 is 39.4 Å². The third-order valence-electron chi connectivity index (χ3n) is 10.0. The van der Waals surface area contributed by atoms with Crippen molar-refractivity contribution in [1.82, 2.24) is 50.0 Å². The molecule has 2 N–H and O–H groups in total. The van der Waals surface area contributed by atoms with Crippen LogP contribution in [0.2, 0.25) is 5.15 Å². The number of aromatic nitrogens is 8. The molecule has 22 heteroatoms. The van der Waals surface area contributed by atoms with Gasteiger partial charge in [-0.15, -0.1) is 15.3 Å². The van der Waals surface area contributed by atoms with E-state index in [2.05, 4.69) is 35.7 Å². The minimum absolute atomic E-state index is 0.0684. The maximum atomic E-state index is 13.5. The molecule has 4 aromatic rings. The lowest BCUT2D eigenvalue weighted by Gasteiger charge is -2.33. The number of pyridine rings is 2. The highest BCUT2D eigenvalue weighted by Crippen LogP contribution is 2.59. The summed E-state index contributed by atoms with van der Waals surface area (Å²) in [6, 6.07) is 8.43. The van der Waals surface area contributed by atoms with Gasteiger partial charge in [-0.05, 0) is 103 Å². The molecule has 0 spiro atoms. The molecule has 314 valence electrons. The summed E-state index contributed by atoms with van der Waals surface area (Å²) < 4.78 is 81.0. The second-order valence-electron chi connectivity index (χ2n) is 16.1. The van der Waals surface area contributed by atoms with Crippen LogP contribution in [0.25, 0.3) is 5.82 Å². The summed E-state index contributed by atoms with van der Waals surface area (Å²) in [6.45, 7) is 10.5. The van der Waals surface area contributed by atoms with Crippen molar-refractivity contribution in [3.05, 3.63) is 59.1 Å². The quantitative estimate of drug-likeness (QED) is 0.134. The molecule has 1 atom stereocenters. The Kier molecular flexibility index (Phi) is 12.0. The number of hydrogen-bond acceptors (Lipinski definition) is 13. The fraction of sp³-hybridized carbons (Fsp3) is 0.556. The van der Waals surface area contributed by atoms with Gasteiger partial charge in [0.25, 0.3) is 15.9 Å². The number of amides is 2. The van der Waals surface area contributed by atoms with Gasteiger partial charge in [-0.2, -0.15) is 26.8 Å². The van der Waals surface area contributed by atoms with Crippen molar-refractivity contribution in [2.24, 2.45) is 11.3 Å². The zero-order chi connectivity index (χ0) is 42.1. The minimum Gasteiger partial charge on any atom is -0.477 e. The third kappa shape index (κ3) is 10.1. The number of aromatic amines is 1. The molecular weight excluding hydrogens is 807 g/mol. The van der Waals surface area contributed by atoms with Crippen molar-refractivity contribution in [2.75, 3.05) is 24.6 Å². The lowest BCUT2D eigenvalue weighted by Crippen LogP contribution is -2.45. The van der Waals surface area contributed by atoms with E-state index in [0.29, 0.717) is 25.3 Å². The van der Waals surface area contributed by atoms with Crippen LogP contribution in [0.5, 0.6) is 5.88 Å². The van der Waals surface area contributed by atoms with Crippen LogP contribution in [0.4, 0.5) is 23.8 Å². The van der Waals surface area contributed by atoms with Crippen molar-refractivity contribution in [3.63, 3.8) is 0 Å². The average Bonchev–Trinajstić information content (AvgIpc) is 3.40. The molecule has 17 nitrogen and oxygen atoms in total. The largest absolute Gasteiger partial charge is 0.477 e. The van der Waals surface area contributed by atoms with E-state index in [4.69, 9.17) is 21.1 Å². The molecule has 0 unspecified atom stereocenters. The normalized spacial score (nSPS) is 17.5. The molecule has 5 heterocycles. The summed E-state index contributed by atoms with van der Waals surface area (Å²) in [5.74, 6) is -0.0342. The van der Waals surface area contributed by atoms with E-state index in [0.717, 1.165) is 12.8 Å². The summed E-state index contributed by atoms with van der Waals surface area (Å²) in [5.41, 5.74) is -2.96. The first-order valence-corrected chi connectivity index (χ1v) is 20.5. The molecule has 1 saturated carbocycles. The molecule has 2 aliphatic rings. The first-order valence-electron chi connectivity index (χ1n) is 18.6. The predicted octanol–water partition coefficient (Wildman–Crippen LogP) is 5.88. The second kappa shape index (κ2) is 16.3. The van der Waals surface area contributed by atoms with Gasteiger partial charge in [0.05, 0.1) is 24.1 Å². The van der Waals surface area contributed by atoms with Gasteiger partial charge in [-0.3, -0.25) is 4.79 Å². The van der Waals surface area contributed by atoms with Gasteiger partial charge in [0.1, 0.15) is 16.6 Å². The average molecular weight is 852 g/mol. The molecule has 1 aliphatic carbocycles. The lowest BCUT2D eigenvalue weighted by molar-refractivity contribution is -0.190. The van der Waals surface area contributed by atoms with E-state index in [9.17, 15) is 31.2 Å². The van der Waals surface area contributed by atoms with Gasteiger partial charge in [-0.25, -0.2) is 24.2 Å². The van der Waals surface area contributed by atoms with E-state index in [1.54, 1.807) is 15.9 Å². The monoisotopic (exact) mass is 851 g/mol. The van der Waals surface area contributed by atoms with E-state index >= 15 is 0 Å². The standard InChI is InChI=1S/C36H45ClF3N11O6S/c1-33(2,3)57-32(53)50-21-23(20-34(50,4)5)8-7-17-49(22-25-43-47-48-44-25)26-9-6-10-29(41-26)58(54,55)46-31(52)24-11-12-27(42-30(24)37)51-18-13-28(45-51)56-19-16-35(14-15-35)36(38,39)40/h6,9-13,18,23H,7-8,14-17,19-22H2,1-5H3,(H,46,52)(H,43,44,47,48)/t23-/m0/s1. The number of likely N-dealkylation sites (tertiary alicyclic amines) is 1. The van der Waals surface area contributed by atoms with Crippen molar-refractivity contribution in [3.8, 4) is 11.7 Å². The van der Waals surface area contributed by atoms with Crippen molar-refractivity contribution < 1.29 is 40.7 Å². The SMILES string of the molecule is CC(C)(C)OC(=O)N1C[C@@H](CCCN(Cc2nn[nH]n2)c2cccc(S(=O)(=O)NC(=O)c3ccc(-n4ccc(OCCC5(C(F)(F)F)CC5)n4)nc3Cl)n2)CC1(C)C. The lowest BCUT2D eigenvalue weighted by atomic mass is 9.93. The number of sulfonamides is 1. The number of carbonyl (C=O) groups is 2. The van der Waals surface area contributed by atoms with Crippen LogP contribution < -0.4 is 14.4 Å². The third-order valence-corrected chi connectivity index (χ3v) is 11.6. The summed E-state index contributed by atoms with van der Waals surface area (Å²) in [7, 11) is -4.53. The molecule has 1 aliphatic heterocycles. The Balaban J connectivity index is 1.08. The first kappa shape index (κ1) is 42.6. The van der Waals surface area contributed by atoms with Crippen LogP contribution in [0.1, 0.15) is 89.3 Å². The Morgan fingerprint density at radius 2 is 1.86 bits per heavy atom. The van der Waals surface area contributed by atoms with Crippen molar-refractivity contribution in [1.29, 1.82) is 0 Å². The van der Waals surface area contributed by atoms with Crippen LogP contribution in [-0.4, -0.2) is 103 Å².